The molecule has 2 aromatic rings. The summed E-state index contributed by atoms with van der Waals surface area (Å²) in [7, 11) is 0. The van der Waals surface area contributed by atoms with Crippen LogP contribution in [0.15, 0.2) is 30.5 Å². The van der Waals surface area contributed by atoms with Gasteiger partial charge in [-0.25, -0.2) is 0 Å². The summed E-state index contributed by atoms with van der Waals surface area (Å²) >= 11 is 5.89. The standard InChI is InChI=1S/C17H20ClN5O/c18-12-5-7-13(8-6-12)21-17-14(16(20)24)10-23(22-17)15-4-2-1-3-11(15)9-19/h5-11,15,19H,1-4H2,(H2,20,24)(H,21,22)/t11-,15+/m1/s1. The molecule has 7 heteroatoms. The second-order valence-electron chi connectivity index (χ2n) is 6.05. The number of nitrogens with one attached hydrogen (secondary N) is 2. The van der Waals surface area contributed by atoms with Crippen molar-refractivity contribution in [3.05, 3.63) is 41.0 Å². The number of nitrogens with zero attached hydrogens (tertiary/aromatic N) is 2. The van der Waals surface area contributed by atoms with Gasteiger partial charge < -0.3 is 16.5 Å². The monoisotopic (exact) mass is 345 g/mol. The maximum absolute atomic E-state index is 11.8. The van der Waals surface area contributed by atoms with Crippen LogP contribution in [0.25, 0.3) is 0 Å². The molecule has 0 bridgehead atoms. The molecule has 1 aliphatic rings. The highest BCUT2D eigenvalue weighted by atomic mass is 35.5. The molecule has 1 aliphatic carbocycles. The fourth-order valence-electron chi connectivity index (χ4n) is 3.17. The zero-order chi connectivity index (χ0) is 17.1. The van der Waals surface area contributed by atoms with Gasteiger partial charge in [0.2, 0.25) is 0 Å². The fraction of sp³-hybridized carbons (Fsp3) is 0.353. The second-order valence-corrected chi connectivity index (χ2v) is 6.49. The van der Waals surface area contributed by atoms with E-state index < -0.39 is 5.91 Å². The Kier molecular flexibility index (Phi) is 4.85. The van der Waals surface area contributed by atoms with Gasteiger partial charge in [-0.3, -0.25) is 9.48 Å². The molecular weight excluding hydrogens is 326 g/mol. The van der Waals surface area contributed by atoms with E-state index in [1.54, 1.807) is 23.0 Å². The van der Waals surface area contributed by atoms with Crippen LogP contribution in [0.4, 0.5) is 11.5 Å². The number of carbonyl (C=O) groups is 1. The lowest BCUT2D eigenvalue weighted by atomic mass is 9.85. The third-order valence-electron chi connectivity index (χ3n) is 4.44. The van der Waals surface area contributed by atoms with E-state index in [0.717, 1.165) is 31.4 Å². The number of primary amides is 1. The van der Waals surface area contributed by atoms with Crippen LogP contribution in [-0.4, -0.2) is 21.9 Å². The number of hydrogen-bond acceptors (Lipinski definition) is 4. The van der Waals surface area contributed by atoms with Gasteiger partial charge in [0.15, 0.2) is 5.82 Å². The highest BCUT2D eigenvalue weighted by Crippen LogP contribution is 2.33. The molecule has 126 valence electrons. The first-order valence-corrected chi connectivity index (χ1v) is 8.38. The number of hydrogen-bond donors (Lipinski definition) is 3. The molecule has 3 rings (SSSR count). The van der Waals surface area contributed by atoms with Gasteiger partial charge in [-0.05, 0) is 37.1 Å². The molecule has 2 atom stereocenters. The summed E-state index contributed by atoms with van der Waals surface area (Å²) in [6, 6.07) is 7.24. The molecule has 0 aliphatic heterocycles. The quantitative estimate of drug-likeness (QED) is 0.720. The van der Waals surface area contributed by atoms with Gasteiger partial charge in [0.05, 0.1) is 6.04 Å². The van der Waals surface area contributed by atoms with E-state index in [1.807, 2.05) is 12.1 Å². The Bertz CT molecular complexity index is 740. The highest BCUT2D eigenvalue weighted by Gasteiger charge is 2.27. The van der Waals surface area contributed by atoms with E-state index in [0.29, 0.717) is 16.4 Å². The van der Waals surface area contributed by atoms with Crippen LogP contribution < -0.4 is 11.1 Å². The Balaban J connectivity index is 1.91. The van der Waals surface area contributed by atoms with Crippen LogP contribution in [0.2, 0.25) is 5.02 Å². The molecule has 1 aromatic heterocycles. The number of aromatic nitrogens is 2. The van der Waals surface area contributed by atoms with Crippen molar-refractivity contribution in [1.29, 1.82) is 5.41 Å². The van der Waals surface area contributed by atoms with Crippen molar-refractivity contribution in [2.24, 2.45) is 11.7 Å². The van der Waals surface area contributed by atoms with Crippen LogP contribution in [0.3, 0.4) is 0 Å². The van der Waals surface area contributed by atoms with Crippen LogP contribution in [0.1, 0.15) is 42.1 Å². The Morgan fingerprint density at radius 3 is 2.71 bits per heavy atom. The Morgan fingerprint density at radius 1 is 1.33 bits per heavy atom. The molecule has 4 N–H and O–H groups in total. The molecule has 1 heterocycles. The summed E-state index contributed by atoms with van der Waals surface area (Å²) in [4.78, 5) is 11.8. The molecule has 0 radical (unpaired) electrons. The number of nitrogens with two attached hydrogens (primary N) is 1. The lowest BCUT2D eigenvalue weighted by Crippen LogP contribution is -2.24. The molecule has 6 nitrogen and oxygen atoms in total. The van der Waals surface area contributed by atoms with Crippen molar-refractivity contribution in [1.82, 2.24) is 9.78 Å². The van der Waals surface area contributed by atoms with E-state index >= 15 is 0 Å². The zero-order valence-corrected chi connectivity index (χ0v) is 14.0. The molecule has 24 heavy (non-hydrogen) atoms. The molecule has 0 unspecified atom stereocenters. The molecule has 0 spiro atoms. The number of amides is 1. The first-order chi connectivity index (χ1) is 11.6. The molecule has 1 fully saturated rings. The third-order valence-corrected chi connectivity index (χ3v) is 4.69. The van der Waals surface area contributed by atoms with E-state index in [1.165, 1.54) is 6.21 Å². The number of benzene rings is 1. The summed E-state index contributed by atoms with van der Waals surface area (Å²) in [5.41, 5.74) is 6.63. The number of halogens is 1. The fourth-order valence-corrected chi connectivity index (χ4v) is 3.29. The van der Waals surface area contributed by atoms with Crippen LogP contribution in [0.5, 0.6) is 0 Å². The third kappa shape index (κ3) is 3.43. The Morgan fingerprint density at radius 2 is 2.04 bits per heavy atom. The van der Waals surface area contributed by atoms with Crippen LogP contribution in [-0.2, 0) is 0 Å². The minimum atomic E-state index is -0.528. The first kappa shape index (κ1) is 16.5. The molecule has 0 saturated heterocycles. The zero-order valence-electron chi connectivity index (χ0n) is 13.2. The minimum absolute atomic E-state index is 0.0927. The topological polar surface area (TPSA) is 96.8 Å². The lowest BCUT2D eigenvalue weighted by molar-refractivity contribution is 0.100. The molecule has 1 aromatic carbocycles. The van der Waals surface area contributed by atoms with Crippen molar-refractivity contribution in [3.8, 4) is 0 Å². The van der Waals surface area contributed by atoms with Gasteiger partial charge in [0.25, 0.3) is 5.91 Å². The summed E-state index contributed by atoms with van der Waals surface area (Å²) in [6.07, 6.45) is 7.31. The van der Waals surface area contributed by atoms with Gasteiger partial charge in [-0.2, -0.15) is 5.10 Å². The summed E-state index contributed by atoms with van der Waals surface area (Å²) < 4.78 is 1.78. The number of anilines is 2. The largest absolute Gasteiger partial charge is 0.365 e. The highest BCUT2D eigenvalue weighted by molar-refractivity contribution is 6.30. The molecule has 1 saturated carbocycles. The average molecular weight is 346 g/mol. The van der Waals surface area contributed by atoms with Gasteiger partial charge in [-0.1, -0.05) is 24.4 Å². The first-order valence-electron chi connectivity index (χ1n) is 8.00. The van der Waals surface area contributed by atoms with E-state index in [-0.39, 0.29) is 12.0 Å². The summed E-state index contributed by atoms with van der Waals surface area (Å²) in [6.45, 7) is 0. The average Bonchev–Trinajstić information content (AvgIpc) is 3.01. The summed E-state index contributed by atoms with van der Waals surface area (Å²) in [5, 5.41) is 15.9. The normalized spacial score (nSPS) is 20.5. The minimum Gasteiger partial charge on any atom is -0.365 e. The Hall–Kier alpha value is -2.34. The van der Waals surface area contributed by atoms with Crippen molar-refractivity contribution < 1.29 is 4.79 Å². The van der Waals surface area contributed by atoms with E-state index in [9.17, 15) is 4.79 Å². The van der Waals surface area contributed by atoms with E-state index in [2.05, 4.69) is 10.4 Å². The van der Waals surface area contributed by atoms with Crippen molar-refractivity contribution in [3.63, 3.8) is 0 Å². The smallest absolute Gasteiger partial charge is 0.254 e. The van der Waals surface area contributed by atoms with Crippen molar-refractivity contribution in [2.75, 3.05) is 5.32 Å². The van der Waals surface area contributed by atoms with Gasteiger partial charge in [0.1, 0.15) is 5.56 Å². The number of rotatable bonds is 5. The van der Waals surface area contributed by atoms with Crippen molar-refractivity contribution >= 4 is 35.2 Å². The molecular formula is C17H20ClN5O. The predicted molar refractivity (Wildman–Crippen MR) is 95.3 cm³/mol. The Labute approximate surface area is 145 Å². The second kappa shape index (κ2) is 7.05. The van der Waals surface area contributed by atoms with Crippen LogP contribution >= 0.6 is 11.6 Å². The summed E-state index contributed by atoms with van der Waals surface area (Å²) in [5.74, 6) is 0.0433. The number of carbonyl (C=O) groups excluding carboxylic acids is 1. The van der Waals surface area contributed by atoms with Crippen LogP contribution in [0, 0.1) is 11.3 Å². The SMILES string of the molecule is N=C[C@H]1CCCC[C@@H]1n1cc(C(N)=O)c(Nc2ccc(Cl)cc2)n1. The van der Waals surface area contributed by atoms with Gasteiger partial charge in [0, 0.05) is 29.0 Å². The predicted octanol–water partition coefficient (Wildman–Crippen LogP) is 3.76. The maximum atomic E-state index is 11.8. The van der Waals surface area contributed by atoms with E-state index in [4.69, 9.17) is 22.7 Å². The lowest BCUT2D eigenvalue weighted by Gasteiger charge is -2.28. The van der Waals surface area contributed by atoms with Gasteiger partial charge >= 0.3 is 0 Å². The maximum Gasteiger partial charge on any atom is 0.254 e. The molecule has 1 amide bonds. The van der Waals surface area contributed by atoms with Crippen molar-refractivity contribution in [2.45, 2.75) is 31.7 Å². The van der Waals surface area contributed by atoms with Gasteiger partial charge in [-0.15, -0.1) is 0 Å².